The first-order valence-electron chi connectivity index (χ1n) is 15.3. The largest absolute Gasteiger partial charge is 0.467 e. The molecule has 0 unspecified atom stereocenters. The van der Waals surface area contributed by atoms with Crippen molar-refractivity contribution in [3.63, 3.8) is 0 Å². The average molecular weight is 639 g/mol. The summed E-state index contributed by atoms with van der Waals surface area (Å²) in [7, 11) is -1.12. The third-order valence-electron chi connectivity index (χ3n) is 9.37. The van der Waals surface area contributed by atoms with E-state index < -0.39 is 19.3 Å². The summed E-state index contributed by atoms with van der Waals surface area (Å²) < 4.78 is 25.6. The standard InChI is InChI=1S/C35H46O5S2Si/c1-26-22-35(30(38-25-37-6)21-31(36)40-35)34(5,18-17-32-41-19-20-42-32)23-27(26)24-39-43(33(2,3)4,28-13-9-7-10-14-28)29-15-11-8-12-16-29/h7-16,21,23,26,32H,17-20,22,24-25H2,1-6H3/t26-,34-,35+/m1/s1. The molecule has 0 bridgehead atoms. The molecule has 1 saturated heterocycles. The van der Waals surface area contributed by atoms with E-state index in [1.807, 2.05) is 23.5 Å². The summed E-state index contributed by atoms with van der Waals surface area (Å²) in [5.74, 6) is 2.76. The van der Waals surface area contributed by atoms with Gasteiger partial charge in [0, 0.05) is 30.5 Å². The molecular weight excluding hydrogens is 593 g/mol. The van der Waals surface area contributed by atoms with Crippen LogP contribution in [0.15, 0.2) is 84.1 Å². The smallest absolute Gasteiger partial charge is 0.335 e. The summed E-state index contributed by atoms with van der Waals surface area (Å²) >= 11 is 4.08. The first kappa shape index (κ1) is 32.4. The predicted octanol–water partition coefficient (Wildman–Crippen LogP) is 6.92. The van der Waals surface area contributed by atoms with Crippen LogP contribution < -0.4 is 10.4 Å². The van der Waals surface area contributed by atoms with E-state index in [0.717, 1.165) is 12.8 Å². The van der Waals surface area contributed by atoms with Crippen LogP contribution >= 0.6 is 23.5 Å². The Bertz CT molecular complexity index is 1280. The van der Waals surface area contributed by atoms with Crippen LogP contribution in [0.4, 0.5) is 0 Å². The normalized spacial score (nSPS) is 26.4. The molecule has 1 fully saturated rings. The van der Waals surface area contributed by atoms with Crippen molar-refractivity contribution < 1.29 is 23.4 Å². The number of hydrogen-bond acceptors (Lipinski definition) is 7. The molecular formula is C35H46O5S2Si. The maximum atomic E-state index is 12.8. The van der Waals surface area contributed by atoms with Crippen LogP contribution in [0, 0.1) is 11.3 Å². The second-order valence-electron chi connectivity index (χ2n) is 13.2. The van der Waals surface area contributed by atoms with Crippen LogP contribution in [0.5, 0.6) is 0 Å². The molecule has 2 heterocycles. The molecule has 3 aliphatic rings. The zero-order valence-corrected chi connectivity index (χ0v) is 29.0. The maximum Gasteiger partial charge on any atom is 0.335 e. The van der Waals surface area contributed by atoms with Gasteiger partial charge in [-0.3, -0.25) is 0 Å². The molecule has 0 aromatic heterocycles. The highest BCUT2D eigenvalue weighted by Gasteiger charge is 2.60. The van der Waals surface area contributed by atoms with Crippen LogP contribution in [0.25, 0.3) is 0 Å². The van der Waals surface area contributed by atoms with Crippen molar-refractivity contribution in [3.05, 3.63) is 84.1 Å². The molecule has 0 saturated carbocycles. The first-order chi connectivity index (χ1) is 20.5. The van der Waals surface area contributed by atoms with Crippen LogP contribution in [0.2, 0.25) is 5.04 Å². The van der Waals surface area contributed by atoms with Crippen molar-refractivity contribution in [1.82, 2.24) is 0 Å². The van der Waals surface area contributed by atoms with Crippen molar-refractivity contribution in [2.24, 2.45) is 11.3 Å². The summed E-state index contributed by atoms with van der Waals surface area (Å²) in [6.45, 7) is 12.0. The van der Waals surface area contributed by atoms with Crippen LogP contribution in [0.1, 0.15) is 53.9 Å². The van der Waals surface area contributed by atoms with E-state index in [1.54, 1.807) is 7.11 Å². The van der Waals surface area contributed by atoms with Crippen LogP contribution in [-0.2, 0) is 23.4 Å². The molecule has 1 aliphatic carbocycles. The van der Waals surface area contributed by atoms with Gasteiger partial charge in [-0.25, -0.2) is 4.79 Å². The Morgan fingerprint density at radius 3 is 2.16 bits per heavy atom. The number of benzene rings is 2. The molecule has 5 rings (SSSR count). The van der Waals surface area contributed by atoms with Crippen LogP contribution in [0.3, 0.4) is 0 Å². The van der Waals surface area contributed by atoms with Gasteiger partial charge in [-0.15, -0.1) is 23.5 Å². The van der Waals surface area contributed by atoms with Gasteiger partial charge in [0.2, 0.25) is 0 Å². The maximum absolute atomic E-state index is 12.8. The highest BCUT2D eigenvalue weighted by molar-refractivity contribution is 8.20. The highest BCUT2D eigenvalue weighted by Crippen LogP contribution is 2.56. The van der Waals surface area contributed by atoms with Gasteiger partial charge in [0.05, 0.1) is 17.3 Å². The van der Waals surface area contributed by atoms with E-state index in [2.05, 4.69) is 101 Å². The van der Waals surface area contributed by atoms with E-state index in [9.17, 15) is 4.79 Å². The van der Waals surface area contributed by atoms with Gasteiger partial charge in [-0.05, 0) is 39.7 Å². The van der Waals surface area contributed by atoms with Gasteiger partial charge in [0.1, 0.15) is 0 Å². The first-order valence-corrected chi connectivity index (χ1v) is 19.3. The Hall–Kier alpha value is -1.97. The van der Waals surface area contributed by atoms with E-state index in [0.29, 0.717) is 23.4 Å². The third-order valence-corrected chi connectivity index (χ3v) is 17.5. The molecule has 0 radical (unpaired) electrons. The number of carbonyl (C=O) groups is 1. The number of hydrogen-bond donors (Lipinski definition) is 0. The van der Waals surface area contributed by atoms with Gasteiger partial charge in [-0.1, -0.05) is 101 Å². The lowest BCUT2D eigenvalue weighted by Gasteiger charge is -2.50. The minimum Gasteiger partial charge on any atom is -0.467 e. The highest BCUT2D eigenvalue weighted by atomic mass is 32.2. The lowest BCUT2D eigenvalue weighted by Crippen LogP contribution is -2.66. The fraction of sp³-hybridized carbons (Fsp3) is 0.514. The predicted molar refractivity (Wildman–Crippen MR) is 181 cm³/mol. The molecule has 2 aromatic rings. The van der Waals surface area contributed by atoms with Crippen molar-refractivity contribution in [2.45, 2.75) is 69.1 Å². The number of ether oxygens (including phenoxy) is 3. The molecule has 2 aliphatic heterocycles. The SMILES string of the molecule is COCOC1=CC(=O)O[C@@]12C[C@@H](C)C(CO[Si](c1ccccc1)(c1ccccc1)C(C)(C)C)=C[C@@]2(C)CCC1SCCS1. The Kier molecular flexibility index (Phi) is 9.93. The molecule has 8 heteroatoms. The minimum atomic E-state index is -2.72. The molecule has 2 aromatic carbocycles. The molecule has 43 heavy (non-hydrogen) atoms. The topological polar surface area (TPSA) is 54.0 Å². The van der Waals surface area contributed by atoms with Crippen molar-refractivity contribution in [3.8, 4) is 0 Å². The molecule has 0 amide bonds. The summed E-state index contributed by atoms with van der Waals surface area (Å²) in [6.07, 6.45) is 6.47. The third kappa shape index (κ3) is 6.28. The van der Waals surface area contributed by atoms with Crippen LogP contribution in [-0.4, -0.2) is 56.5 Å². The second-order valence-corrected chi connectivity index (χ2v) is 20.4. The summed E-state index contributed by atoms with van der Waals surface area (Å²) in [6, 6.07) is 21.6. The lowest BCUT2D eigenvalue weighted by molar-refractivity contribution is -0.165. The van der Waals surface area contributed by atoms with Crippen molar-refractivity contribution in [2.75, 3.05) is 32.0 Å². The Morgan fingerprint density at radius 1 is 1.00 bits per heavy atom. The number of thioether (sulfide) groups is 2. The van der Waals surface area contributed by atoms with Crippen molar-refractivity contribution >= 4 is 48.2 Å². The number of esters is 1. The fourth-order valence-corrected chi connectivity index (χ4v) is 14.5. The number of methoxy groups -OCH3 is 1. The molecule has 3 atom stereocenters. The monoisotopic (exact) mass is 638 g/mol. The van der Waals surface area contributed by atoms with E-state index in [4.69, 9.17) is 18.6 Å². The van der Waals surface area contributed by atoms with E-state index in [-0.39, 0.29) is 23.7 Å². The molecule has 232 valence electrons. The zero-order valence-electron chi connectivity index (χ0n) is 26.4. The number of rotatable bonds is 11. The molecule has 1 spiro atoms. The quantitative estimate of drug-likeness (QED) is 0.115. The summed E-state index contributed by atoms with van der Waals surface area (Å²) in [4.78, 5) is 12.8. The summed E-state index contributed by atoms with van der Waals surface area (Å²) in [5.41, 5.74) is -0.0578. The second kappa shape index (κ2) is 13.2. The Balaban J connectivity index is 1.54. The fourth-order valence-electron chi connectivity index (χ4n) is 7.16. The van der Waals surface area contributed by atoms with Gasteiger partial charge in [0.15, 0.2) is 18.2 Å². The lowest BCUT2D eigenvalue weighted by atomic mass is 9.60. The molecule has 5 nitrogen and oxygen atoms in total. The Morgan fingerprint density at radius 2 is 1.60 bits per heavy atom. The van der Waals surface area contributed by atoms with Gasteiger partial charge in [-0.2, -0.15) is 0 Å². The Labute approximate surface area is 267 Å². The number of carbonyl (C=O) groups excluding carboxylic acids is 1. The zero-order chi connectivity index (χ0) is 30.7. The molecule has 0 N–H and O–H groups in total. The van der Waals surface area contributed by atoms with Crippen molar-refractivity contribution in [1.29, 1.82) is 0 Å². The van der Waals surface area contributed by atoms with E-state index in [1.165, 1.54) is 33.5 Å². The van der Waals surface area contributed by atoms with Gasteiger partial charge >= 0.3 is 5.97 Å². The average Bonchev–Trinajstić information content (AvgIpc) is 3.62. The van der Waals surface area contributed by atoms with Gasteiger partial charge in [0.25, 0.3) is 8.32 Å². The van der Waals surface area contributed by atoms with E-state index >= 15 is 0 Å². The summed E-state index contributed by atoms with van der Waals surface area (Å²) in [5, 5.41) is 2.44. The van der Waals surface area contributed by atoms with Gasteiger partial charge < -0.3 is 18.6 Å². The minimum absolute atomic E-state index is 0.0799.